The minimum absolute atomic E-state index is 0.0682. The first kappa shape index (κ1) is 23.1. The van der Waals surface area contributed by atoms with Gasteiger partial charge in [0.05, 0.1) is 18.0 Å². The summed E-state index contributed by atoms with van der Waals surface area (Å²) in [6, 6.07) is 16.7. The van der Waals surface area contributed by atoms with Crippen LogP contribution >= 0.6 is 11.6 Å². The van der Waals surface area contributed by atoms with Gasteiger partial charge in [0.15, 0.2) is 5.69 Å². The molecule has 3 aromatic rings. The minimum Gasteiger partial charge on any atom is -0.461 e. The summed E-state index contributed by atoms with van der Waals surface area (Å²) in [4.78, 5) is 27.5. The first-order chi connectivity index (χ1) is 16.0. The lowest BCUT2D eigenvalue weighted by molar-refractivity contribution is 0.0518. The molecule has 0 saturated carbocycles. The lowest BCUT2D eigenvalue weighted by atomic mass is 9.99. The fraction of sp³-hybridized carbons (Fsp3) is 0.346. The molecule has 0 spiro atoms. The molecule has 0 bridgehead atoms. The van der Waals surface area contributed by atoms with E-state index in [0.717, 1.165) is 42.8 Å². The number of carbonyl (C=O) groups excluding carboxylic acids is 2. The van der Waals surface area contributed by atoms with Gasteiger partial charge >= 0.3 is 5.97 Å². The number of benzene rings is 2. The molecule has 1 fully saturated rings. The Kier molecular flexibility index (Phi) is 7.14. The molecule has 33 heavy (non-hydrogen) atoms. The Morgan fingerprint density at radius 1 is 1.06 bits per heavy atom. The third-order valence-corrected chi connectivity index (χ3v) is 6.30. The largest absolute Gasteiger partial charge is 0.461 e. The summed E-state index contributed by atoms with van der Waals surface area (Å²) < 4.78 is 6.83. The number of esters is 1. The van der Waals surface area contributed by atoms with Crippen LogP contribution in [0.4, 0.5) is 0 Å². The van der Waals surface area contributed by atoms with Gasteiger partial charge in [0, 0.05) is 28.7 Å². The quantitative estimate of drug-likeness (QED) is 0.433. The lowest BCUT2D eigenvalue weighted by Gasteiger charge is -2.35. The normalized spacial score (nSPS) is 16.0. The fourth-order valence-corrected chi connectivity index (χ4v) is 4.44. The summed E-state index contributed by atoms with van der Waals surface area (Å²) in [6.45, 7) is 4.97. The molecule has 6 nitrogen and oxygen atoms in total. The Morgan fingerprint density at radius 2 is 1.79 bits per heavy atom. The number of hydrogen-bond donors (Lipinski definition) is 0. The van der Waals surface area contributed by atoms with Crippen molar-refractivity contribution in [2.24, 2.45) is 0 Å². The van der Waals surface area contributed by atoms with Crippen LogP contribution in [0.1, 0.15) is 60.4 Å². The van der Waals surface area contributed by atoms with E-state index in [-0.39, 0.29) is 18.2 Å². The maximum atomic E-state index is 13.1. The van der Waals surface area contributed by atoms with Crippen molar-refractivity contribution in [2.75, 3.05) is 13.2 Å². The first-order valence-corrected chi connectivity index (χ1v) is 11.8. The Labute approximate surface area is 199 Å². The molecule has 172 valence electrons. The van der Waals surface area contributed by atoms with Crippen molar-refractivity contribution in [2.45, 2.75) is 45.6 Å². The van der Waals surface area contributed by atoms with Gasteiger partial charge in [-0.25, -0.2) is 9.48 Å². The SMILES string of the molecule is CCOC(=O)c1cc(-c2ccc(Cl)cc2)n(-c2ccc(C(=O)N3CCCC[C@H]3CC)cc2)n1. The third-order valence-electron chi connectivity index (χ3n) is 6.05. The van der Waals surface area contributed by atoms with Gasteiger partial charge in [0.1, 0.15) is 0 Å². The molecule has 1 aliphatic heterocycles. The lowest BCUT2D eigenvalue weighted by Crippen LogP contribution is -2.43. The number of rotatable bonds is 6. The van der Waals surface area contributed by atoms with Crippen molar-refractivity contribution in [3.05, 3.63) is 70.9 Å². The van der Waals surface area contributed by atoms with Gasteiger partial charge < -0.3 is 9.64 Å². The summed E-state index contributed by atoms with van der Waals surface area (Å²) in [5, 5.41) is 5.13. The van der Waals surface area contributed by atoms with Gasteiger partial charge in [-0.15, -0.1) is 0 Å². The molecule has 2 heterocycles. The van der Waals surface area contributed by atoms with Crippen molar-refractivity contribution >= 4 is 23.5 Å². The van der Waals surface area contributed by atoms with E-state index >= 15 is 0 Å². The number of likely N-dealkylation sites (tertiary alicyclic amines) is 1. The molecule has 1 aromatic heterocycles. The number of nitrogens with zero attached hydrogens (tertiary/aromatic N) is 3. The molecular formula is C26H28ClN3O3. The van der Waals surface area contributed by atoms with Crippen LogP contribution in [0.15, 0.2) is 54.6 Å². The van der Waals surface area contributed by atoms with Gasteiger partial charge in [0.25, 0.3) is 5.91 Å². The molecule has 4 rings (SSSR count). The van der Waals surface area contributed by atoms with Crippen molar-refractivity contribution in [3.8, 4) is 16.9 Å². The smallest absolute Gasteiger partial charge is 0.358 e. The van der Waals surface area contributed by atoms with Crippen molar-refractivity contribution in [3.63, 3.8) is 0 Å². The van der Waals surface area contributed by atoms with Crippen LogP contribution in [-0.4, -0.2) is 45.8 Å². The van der Waals surface area contributed by atoms with Crippen molar-refractivity contribution < 1.29 is 14.3 Å². The highest BCUT2D eigenvalue weighted by molar-refractivity contribution is 6.30. The number of carbonyl (C=O) groups is 2. The average molecular weight is 466 g/mol. The molecule has 0 unspecified atom stereocenters. The van der Waals surface area contributed by atoms with Crippen LogP contribution in [-0.2, 0) is 4.74 Å². The number of amides is 1. The van der Waals surface area contributed by atoms with E-state index in [0.29, 0.717) is 16.6 Å². The number of ether oxygens (including phenoxy) is 1. The van der Waals surface area contributed by atoms with E-state index in [1.165, 1.54) is 6.42 Å². The van der Waals surface area contributed by atoms with Crippen LogP contribution in [0.25, 0.3) is 16.9 Å². The van der Waals surface area contributed by atoms with Crippen molar-refractivity contribution in [1.29, 1.82) is 0 Å². The number of halogens is 1. The second kappa shape index (κ2) is 10.2. The van der Waals surface area contributed by atoms with E-state index in [2.05, 4.69) is 12.0 Å². The monoisotopic (exact) mass is 465 g/mol. The van der Waals surface area contributed by atoms with Crippen LogP contribution in [0.5, 0.6) is 0 Å². The highest BCUT2D eigenvalue weighted by Crippen LogP contribution is 2.27. The Balaban J connectivity index is 1.67. The van der Waals surface area contributed by atoms with E-state index in [9.17, 15) is 9.59 Å². The van der Waals surface area contributed by atoms with E-state index < -0.39 is 5.97 Å². The van der Waals surface area contributed by atoms with Crippen LogP contribution in [0.3, 0.4) is 0 Å². The third kappa shape index (κ3) is 4.96. The standard InChI is InChI=1S/C26H28ClN3O3/c1-3-21-7-5-6-16-29(21)25(31)19-10-14-22(15-11-19)30-24(18-8-12-20(27)13-9-18)17-23(28-30)26(32)33-4-2/h8-15,17,21H,3-7,16H2,1-2H3/t21-/m1/s1. The van der Waals surface area contributed by atoms with Crippen LogP contribution in [0.2, 0.25) is 5.02 Å². The summed E-state index contributed by atoms with van der Waals surface area (Å²) in [5.41, 5.74) is 3.22. The maximum absolute atomic E-state index is 13.1. The summed E-state index contributed by atoms with van der Waals surface area (Å²) in [6.07, 6.45) is 4.26. The first-order valence-electron chi connectivity index (χ1n) is 11.5. The minimum atomic E-state index is -0.478. The zero-order valence-corrected chi connectivity index (χ0v) is 19.7. The molecule has 1 saturated heterocycles. The fourth-order valence-electron chi connectivity index (χ4n) is 4.31. The predicted octanol–water partition coefficient (Wildman–Crippen LogP) is 5.77. The second-order valence-corrected chi connectivity index (χ2v) is 8.59. The molecule has 7 heteroatoms. The highest BCUT2D eigenvalue weighted by atomic mass is 35.5. The average Bonchev–Trinajstić information content (AvgIpc) is 3.30. The van der Waals surface area contributed by atoms with Crippen LogP contribution in [0, 0.1) is 0 Å². The van der Waals surface area contributed by atoms with Gasteiger partial charge in [-0.1, -0.05) is 30.7 Å². The number of piperidine rings is 1. The van der Waals surface area contributed by atoms with E-state index in [4.69, 9.17) is 16.3 Å². The molecule has 1 aliphatic rings. The van der Waals surface area contributed by atoms with E-state index in [1.807, 2.05) is 41.3 Å². The topological polar surface area (TPSA) is 64.4 Å². The summed E-state index contributed by atoms with van der Waals surface area (Å²) in [7, 11) is 0. The molecular weight excluding hydrogens is 438 g/mol. The zero-order chi connectivity index (χ0) is 23.4. The number of aromatic nitrogens is 2. The maximum Gasteiger partial charge on any atom is 0.358 e. The second-order valence-electron chi connectivity index (χ2n) is 8.16. The van der Waals surface area contributed by atoms with Gasteiger partial charge in [-0.05, 0) is 75.1 Å². The Morgan fingerprint density at radius 3 is 2.45 bits per heavy atom. The van der Waals surface area contributed by atoms with Crippen LogP contribution < -0.4 is 0 Å². The molecule has 1 atom stereocenters. The Hall–Kier alpha value is -3.12. The Bertz CT molecular complexity index is 1120. The van der Waals surface area contributed by atoms with Crippen molar-refractivity contribution in [1.82, 2.24) is 14.7 Å². The number of hydrogen-bond acceptors (Lipinski definition) is 4. The predicted molar refractivity (Wildman–Crippen MR) is 129 cm³/mol. The summed E-state index contributed by atoms with van der Waals surface area (Å²) >= 11 is 6.05. The van der Waals surface area contributed by atoms with Gasteiger partial charge in [0.2, 0.25) is 0 Å². The molecule has 0 aliphatic carbocycles. The van der Waals surface area contributed by atoms with Gasteiger partial charge in [-0.3, -0.25) is 4.79 Å². The molecule has 2 aromatic carbocycles. The molecule has 0 N–H and O–H groups in total. The summed E-state index contributed by atoms with van der Waals surface area (Å²) in [5.74, 6) is -0.410. The molecule has 1 amide bonds. The zero-order valence-electron chi connectivity index (χ0n) is 19.0. The van der Waals surface area contributed by atoms with Gasteiger partial charge in [-0.2, -0.15) is 5.10 Å². The highest BCUT2D eigenvalue weighted by Gasteiger charge is 2.26. The van der Waals surface area contributed by atoms with E-state index in [1.54, 1.807) is 29.8 Å². The molecule has 0 radical (unpaired) electrons.